The molecule has 0 saturated heterocycles. The molecular formula is C6H7N2O2S3-. The van der Waals surface area contributed by atoms with E-state index >= 15 is 0 Å². The summed E-state index contributed by atoms with van der Waals surface area (Å²) in [6.07, 6.45) is 1.87. The molecule has 0 bridgehead atoms. The fourth-order valence-electron chi connectivity index (χ4n) is 0.527. The molecule has 72 valence electrons. The predicted molar refractivity (Wildman–Crippen MR) is 52.0 cm³/mol. The molecule has 0 aromatic carbocycles. The lowest BCUT2D eigenvalue weighted by Crippen LogP contribution is -2.31. The van der Waals surface area contributed by atoms with Crippen molar-refractivity contribution in [3.8, 4) is 0 Å². The average molecular weight is 235 g/mol. The van der Waals surface area contributed by atoms with Crippen molar-refractivity contribution in [3.63, 3.8) is 0 Å². The normalized spacial score (nSPS) is 12.8. The van der Waals surface area contributed by atoms with Crippen molar-refractivity contribution < 1.29 is 9.90 Å². The maximum atomic E-state index is 10.4. The van der Waals surface area contributed by atoms with Gasteiger partial charge >= 0.3 is 0 Å². The molecule has 0 N–H and O–H groups in total. The van der Waals surface area contributed by atoms with Gasteiger partial charge in [0.1, 0.15) is 0 Å². The maximum Gasteiger partial charge on any atom is 0.200 e. The molecule has 0 saturated carbocycles. The predicted octanol–water partition coefficient (Wildman–Crippen LogP) is 0.490. The number of thioether (sulfide) groups is 2. The Balaban J connectivity index is 2.58. The van der Waals surface area contributed by atoms with Crippen molar-refractivity contribution in [2.75, 3.05) is 6.26 Å². The number of carbonyl (C=O) groups excluding carboxylic acids is 1. The molecule has 13 heavy (non-hydrogen) atoms. The molecule has 1 atom stereocenters. The Kier molecular flexibility index (Phi) is 4.01. The molecular weight excluding hydrogens is 228 g/mol. The van der Waals surface area contributed by atoms with Crippen LogP contribution >= 0.6 is 35.1 Å². The summed E-state index contributed by atoms with van der Waals surface area (Å²) < 4.78 is 4.67. The molecule has 4 nitrogen and oxygen atoms in total. The van der Waals surface area contributed by atoms with Crippen LogP contribution in [0, 0.1) is 0 Å². The fourth-order valence-corrected chi connectivity index (χ4v) is 2.81. The highest BCUT2D eigenvalue weighted by molar-refractivity contribution is 8.02. The van der Waals surface area contributed by atoms with Gasteiger partial charge in [0.15, 0.2) is 4.34 Å². The highest BCUT2D eigenvalue weighted by Gasteiger charge is 2.09. The van der Waals surface area contributed by atoms with Crippen LogP contribution < -0.4 is 5.11 Å². The molecule has 1 heterocycles. The summed E-state index contributed by atoms with van der Waals surface area (Å²) in [5.74, 6) is -1.08. The van der Waals surface area contributed by atoms with Crippen LogP contribution in [0.2, 0.25) is 0 Å². The van der Waals surface area contributed by atoms with Crippen LogP contribution in [-0.2, 0) is 4.79 Å². The van der Waals surface area contributed by atoms with E-state index in [4.69, 9.17) is 0 Å². The number of aromatic nitrogens is 2. The van der Waals surface area contributed by atoms with Gasteiger partial charge in [-0.25, -0.2) is 4.98 Å². The first-order chi connectivity index (χ1) is 6.13. The van der Waals surface area contributed by atoms with Crippen molar-refractivity contribution in [1.29, 1.82) is 0 Å². The van der Waals surface area contributed by atoms with Gasteiger partial charge in [0.05, 0.1) is 5.97 Å². The number of hydrogen-bond donors (Lipinski definition) is 0. The largest absolute Gasteiger partial charge is 0.549 e. The topological polar surface area (TPSA) is 65.9 Å². The lowest BCUT2D eigenvalue weighted by atomic mass is 10.5. The first-order valence-corrected chi connectivity index (χ1v) is 6.26. The van der Waals surface area contributed by atoms with E-state index in [1.54, 1.807) is 6.92 Å². The van der Waals surface area contributed by atoms with Crippen molar-refractivity contribution >= 4 is 41.0 Å². The van der Waals surface area contributed by atoms with Gasteiger partial charge in [-0.2, -0.15) is 4.37 Å². The first kappa shape index (κ1) is 10.8. The highest BCUT2D eigenvalue weighted by Crippen LogP contribution is 2.26. The van der Waals surface area contributed by atoms with Gasteiger partial charge in [-0.1, -0.05) is 23.5 Å². The van der Waals surface area contributed by atoms with E-state index < -0.39 is 11.2 Å². The van der Waals surface area contributed by atoms with Crippen LogP contribution in [0.5, 0.6) is 0 Å². The van der Waals surface area contributed by atoms with E-state index in [9.17, 15) is 9.90 Å². The Morgan fingerprint density at radius 2 is 2.38 bits per heavy atom. The van der Waals surface area contributed by atoms with Gasteiger partial charge in [-0.15, -0.1) is 0 Å². The first-order valence-electron chi connectivity index (χ1n) is 3.38. The standard InChI is InChI=1S/C6H8N2O2S3/c1-3(4(9)10)12-6-7-5(11-2)8-13-6/h3H,1-2H3,(H,9,10)/p-1/t3-/m0/s1. The number of nitrogens with zero attached hydrogens (tertiary/aromatic N) is 2. The minimum atomic E-state index is -1.08. The Morgan fingerprint density at radius 3 is 2.85 bits per heavy atom. The molecule has 7 heteroatoms. The van der Waals surface area contributed by atoms with Gasteiger partial charge in [0, 0.05) is 5.25 Å². The van der Waals surface area contributed by atoms with Crippen LogP contribution in [-0.4, -0.2) is 26.8 Å². The zero-order valence-corrected chi connectivity index (χ0v) is 9.46. The van der Waals surface area contributed by atoms with Gasteiger partial charge in [0.2, 0.25) is 5.16 Å². The molecule has 0 aliphatic rings. The minimum absolute atomic E-state index is 0.581. The lowest BCUT2D eigenvalue weighted by molar-refractivity contribution is -0.304. The second kappa shape index (κ2) is 4.83. The third-order valence-electron chi connectivity index (χ3n) is 1.18. The molecule has 0 fully saturated rings. The minimum Gasteiger partial charge on any atom is -0.549 e. The summed E-state index contributed by atoms with van der Waals surface area (Å²) in [7, 11) is 0. The van der Waals surface area contributed by atoms with Crippen LogP contribution in [0.1, 0.15) is 6.92 Å². The number of carboxylic acid groups (broad SMARTS) is 1. The van der Waals surface area contributed by atoms with Gasteiger partial charge in [0.25, 0.3) is 0 Å². The summed E-state index contributed by atoms with van der Waals surface area (Å²) in [4.78, 5) is 14.5. The van der Waals surface area contributed by atoms with E-state index in [-0.39, 0.29) is 0 Å². The number of carbonyl (C=O) groups is 1. The van der Waals surface area contributed by atoms with Crippen molar-refractivity contribution in [3.05, 3.63) is 0 Å². The lowest BCUT2D eigenvalue weighted by Gasteiger charge is -2.08. The third kappa shape index (κ3) is 3.17. The van der Waals surface area contributed by atoms with Crippen LogP contribution in [0.25, 0.3) is 0 Å². The Labute approximate surface area is 88.3 Å². The van der Waals surface area contributed by atoms with Crippen molar-refractivity contribution in [2.24, 2.45) is 0 Å². The van der Waals surface area contributed by atoms with E-state index in [1.165, 1.54) is 23.3 Å². The van der Waals surface area contributed by atoms with Gasteiger partial charge in [-0.05, 0) is 24.7 Å². The van der Waals surface area contributed by atoms with E-state index in [0.29, 0.717) is 9.50 Å². The monoisotopic (exact) mass is 235 g/mol. The molecule has 0 aliphatic heterocycles. The quantitative estimate of drug-likeness (QED) is 0.708. The highest BCUT2D eigenvalue weighted by atomic mass is 32.2. The molecule has 1 rings (SSSR count). The Morgan fingerprint density at radius 1 is 1.69 bits per heavy atom. The summed E-state index contributed by atoms with van der Waals surface area (Å²) in [6.45, 7) is 1.57. The maximum absolute atomic E-state index is 10.4. The molecule has 0 unspecified atom stereocenters. The Bertz CT molecular complexity index is 302. The molecule has 0 radical (unpaired) electrons. The number of rotatable bonds is 4. The number of aliphatic carboxylic acids is 1. The molecule has 0 amide bonds. The summed E-state index contributed by atoms with van der Waals surface area (Å²) in [5, 5.41) is 10.5. The van der Waals surface area contributed by atoms with Crippen molar-refractivity contribution in [2.45, 2.75) is 21.7 Å². The van der Waals surface area contributed by atoms with E-state index in [0.717, 1.165) is 11.8 Å². The number of hydrogen-bond acceptors (Lipinski definition) is 7. The van der Waals surface area contributed by atoms with Crippen molar-refractivity contribution in [1.82, 2.24) is 9.36 Å². The van der Waals surface area contributed by atoms with Gasteiger partial charge < -0.3 is 9.90 Å². The molecule has 0 aliphatic carbocycles. The third-order valence-corrected chi connectivity index (χ3v) is 3.71. The zero-order valence-electron chi connectivity index (χ0n) is 7.01. The van der Waals surface area contributed by atoms with E-state index in [2.05, 4.69) is 9.36 Å². The smallest absolute Gasteiger partial charge is 0.200 e. The van der Waals surface area contributed by atoms with Crippen LogP contribution in [0.3, 0.4) is 0 Å². The molecule has 0 spiro atoms. The fraction of sp³-hybridized carbons (Fsp3) is 0.500. The summed E-state index contributed by atoms with van der Waals surface area (Å²) in [5.41, 5.74) is 0. The second-order valence-electron chi connectivity index (χ2n) is 2.13. The average Bonchev–Trinajstić information content (AvgIpc) is 2.52. The SMILES string of the molecule is CSc1nsc(S[C@@H](C)C(=O)[O-])n1. The zero-order chi connectivity index (χ0) is 9.84. The summed E-state index contributed by atoms with van der Waals surface area (Å²) >= 11 is 3.80. The van der Waals surface area contributed by atoms with Crippen LogP contribution in [0.4, 0.5) is 0 Å². The van der Waals surface area contributed by atoms with E-state index in [1.807, 2.05) is 6.26 Å². The number of carboxylic acids is 1. The van der Waals surface area contributed by atoms with Gasteiger partial charge in [-0.3, -0.25) is 0 Å². The molecule has 1 aromatic heterocycles. The second-order valence-corrected chi connectivity index (χ2v) is 5.24. The Hall–Kier alpha value is -0.270. The molecule has 1 aromatic rings. The van der Waals surface area contributed by atoms with Crippen LogP contribution in [0.15, 0.2) is 9.50 Å². The summed E-state index contributed by atoms with van der Waals surface area (Å²) in [6, 6.07) is 0.